The third-order valence-electron chi connectivity index (χ3n) is 4.68. The number of rotatable bonds is 5. The summed E-state index contributed by atoms with van der Waals surface area (Å²) in [7, 11) is 0. The lowest BCUT2D eigenvalue weighted by atomic mass is 10.1. The number of carbonyl (C=O) groups is 1. The van der Waals surface area contributed by atoms with E-state index in [0.717, 1.165) is 29.7 Å². The number of piperidine rings is 1. The lowest BCUT2D eigenvalue weighted by Gasteiger charge is -2.32. The third kappa shape index (κ3) is 5.47. The zero-order chi connectivity index (χ0) is 21.0. The van der Waals surface area contributed by atoms with Gasteiger partial charge in [-0.05, 0) is 39.3 Å². The van der Waals surface area contributed by atoms with Crippen LogP contribution in [0, 0.1) is 13.8 Å². The number of ether oxygens (including phenoxy) is 2. The molecule has 0 radical (unpaired) electrons. The zero-order valence-electron chi connectivity index (χ0n) is 17.1. The Labute approximate surface area is 175 Å². The Morgan fingerprint density at radius 1 is 1.24 bits per heavy atom. The van der Waals surface area contributed by atoms with Crippen molar-refractivity contribution in [2.75, 3.05) is 18.4 Å². The molecule has 0 atom stereocenters. The normalized spacial score (nSPS) is 14.8. The lowest BCUT2D eigenvalue weighted by Crippen LogP contribution is -2.42. The molecule has 0 aliphatic carbocycles. The highest BCUT2D eigenvalue weighted by Crippen LogP contribution is 2.28. The summed E-state index contributed by atoms with van der Waals surface area (Å²) in [6.07, 6.45) is 4.18. The second-order valence-corrected chi connectivity index (χ2v) is 7.72. The summed E-state index contributed by atoms with van der Waals surface area (Å²) in [6, 6.07) is 1.79. The van der Waals surface area contributed by atoms with Gasteiger partial charge in [-0.25, -0.2) is 19.7 Å². The van der Waals surface area contributed by atoms with Crippen LogP contribution in [-0.4, -0.2) is 51.2 Å². The standard InChI is InChI=1S/C20H26ClN5O3/c1-12(2)28-20(27)26-7-5-15(6-8-26)29-19-14(4)18(23-11-24-19)25-16-10-22-17(21)9-13(16)3/h9-12,15H,5-8H2,1-4H3,(H,23,24,25). The lowest BCUT2D eigenvalue weighted by molar-refractivity contribution is 0.0505. The van der Waals surface area contributed by atoms with Crippen LogP contribution in [0.5, 0.6) is 5.88 Å². The molecule has 0 unspecified atom stereocenters. The molecule has 1 aliphatic heterocycles. The zero-order valence-corrected chi connectivity index (χ0v) is 17.9. The smallest absolute Gasteiger partial charge is 0.410 e. The summed E-state index contributed by atoms with van der Waals surface area (Å²) in [5, 5.41) is 3.71. The molecule has 1 amide bonds. The molecular weight excluding hydrogens is 394 g/mol. The summed E-state index contributed by atoms with van der Waals surface area (Å²) in [4.78, 5) is 26.5. The first-order chi connectivity index (χ1) is 13.8. The van der Waals surface area contributed by atoms with Crippen molar-refractivity contribution in [1.29, 1.82) is 0 Å². The molecule has 156 valence electrons. The van der Waals surface area contributed by atoms with Gasteiger partial charge >= 0.3 is 6.09 Å². The van der Waals surface area contributed by atoms with Crippen LogP contribution in [0.3, 0.4) is 0 Å². The molecule has 3 heterocycles. The molecular formula is C20H26ClN5O3. The van der Waals surface area contributed by atoms with Crippen molar-refractivity contribution < 1.29 is 14.3 Å². The largest absolute Gasteiger partial charge is 0.474 e. The van der Waals surface area contributed by atoms with Crippen LogP contribution in [0.4, 0.5) is 16.3 Å². The number of nitrogens with zero attached hydrogens (tertiary/aromatic N) is 4. The number of hydrogen-bond donors (Lipinski definition) is 1. The van der Waals surface area contributed by atoms with Crippen LogP contribution in [0.25, 0.3) is 0 Å². The number of halogens is 1. The van der Waals surface area contributed by atoms with Crippen LogP contribution in [0.2, 0.25) is 5.15 Å². The Morgan fingerprint density at radius 2 is 1.97 bits per heavy atom. The van der Waals surface area contributed by atoms with E-state index in [2.05, 4.69) is 20.3 Å². The van der Waals surface area contributed by atoms with Gasteiger partial charge in [-0.3, -0.25) is 0 Å². The van der Waals surface area contributed by atoms with Crippen molar-refractivity contribution in [3.8, 4) is 5.88 Å². The monoisotopic (exact) mass is 419 g/mol. The van der Waals surface area contributed by atoms with Crippen molar-refractivity contribution in [1.82, 2.24) is 19.9 Å². The molecule has 1 saturated heterocycles. The minimum Gasteiger partial charge on any atom is -0.474 e. The summed E-state index contributed by atoms with van der Waals surface area (Å²) >= 11 is 5.92. The molecule has 0 bridgehead atoms. The number of anilines is 2. The number of hydrogen-bond acceptors (Lipinski definition) is 7. The summed E-state index contributed by atoms with van der Waals surface area (Å²) in [6.45, 7) is 8.74. The van der Waals surface area contributed by atoms with E-state index in [0.29, 0.717) is 29.9 Å². The van der Waals surface area contributed by atoms with E-state index in [1.54, 1.807) is 17.2 Å². The van der Waals surface area contributed by atoms with Crippen molar-refractivity contribution in [2.45, 2.75) is 52.7 Å². The predicted octanol–water partition coefficient (Wildman–Crippen LogP) is 4.27. The summed E-state index contributed by atoms with van der Waals surface area (Å²) in [5.41, 5.74) is 2.59. The van der Waals surface area contributed by atoms with Gasteiger partial charge in [-0.1, -0.05) is 11.6 Å². The molecule has 9 heteroatoms. The van der Waals surface area contributed by atoms with E-state index in [1.807, 2.05) is 27.7 Å². The maximum Gasteiger partial charge on any atom is 0.410 e. The minimum atomic E-state index is -0.268. The molecule has 0 aromatic carbocycles. The number of nitrogens with one attached hydrogen (secondary N) is 1. The highest BCUT2D eigenvalue weighted by atomic mass is 35.5. The number of amides is 1. The van der Waals surface area contributed by atoms with E-state index in [9.17, 15) is 4.79 Å². The van der Waals surface area contributed by atoms with E-state index >= 15 is 0 Å². The van der Waals surface area contributed by atoms with Gasteiger partial charge in [-0.15, -0.1) is 0 Å². The van der Waals surface area contributed by atoms with E-state index < -0.39 is 0 Å². The number of likely N-dealkylation sites (tertiary alicyclic amines) is 1. The van der Waals surface area contributed by atoms with E-state index in [4.69, 9.17) is 21.1 Å². The fourth-order valence-electron chi connectivity index (χ4n) is 3.05. The van der Waals surface area contributed by atoms with Gasteiger partial charge in [0.15, 0.2) is 0 Å². The first-order valence-electron chi connectivity index (χ1n) is 9.66. The molecule has 29 heavy (non-hydrogen) atoms. The van der Waals surface area contributed by atoms with E-state index in [1.165, 1.54) is 6.33 Å². The maximum atomic E-state index is 12.0. The van der Waals surface area contributed by atoms with Crippen molar-refractivity contribution >= 4 is 29.2 Å². The van der Waals surface area contributed by atoms with Crippen molar-refractivity contribution in [2.24, 2.45) is 0 Å². The summed E-state index contributed by atoms with van der Waals surface area (Å²) < 4.78 is 11.4. The van der Waals surface area contributed by atoms with Gasteiger partial charge in [0, 0.05) is 25.9 Å². The Morgan fingerprint density at radius 3 is 2.62 bits per heavy atom. The highest BCUT2D eigenvalue weighted by Gasteiger charge is 2.26. The SMILES string of the molecule is Cc1cc(Cl)ncc1Nc1ncnc(OC2CCN(C(=O)OC(C)C)CC2)c1C. The number of pyridine rings is 1. The minimum absolute atomic E-state index is 0.0153. The molecule has 2 aromatic rings. The van der Waals surface area contributed by atoms with Crippen LogP contribution >= 0.6 is 11.6 Å². The topological polar surface area (TPSA) is 89.5 Å². The molecule has 1 aliphatic rings. The molecule has 3 rings (SSSR count). The molecule has 1 fully saturated rings. The van der Waals surface area contributed by atoms with E-state index in [-0.39, 0.29) is 18.3 Å². The van der Waals surface area contributed by atoms with Gasteiger partial charge in [0.2, 0.25) is 5.88 Å². The van der Waals surface area contributed by atoms with Crippen LogP contribution in [0.15, 0.2) is 18.6 Å². The Bertz CT molecular complexity index is 869. The van der Waals surface area contributed by atoms with Crippen LogP contribution in [-0.2, 0) is 4.74 Å². The van der Waals surface area contributed by atoms with Crippen molar-refractivity contribution in [3.05, 3.63) is 34.9 Å². The molecule has 8 nitrogen and oxygen atoms in total. The first kappa shape index (κ1) is 21.1. The van der Waals surface area contributed by atoms with Gasteiger partial charge in [0.25, 0.3) is 0 Å². The first-order valence-corrected chi connectivity index (χ1v) is 10.0. The average Bonchev–Trinajstić information content (AvgIpc) is 2.67. The average molecular weight is 420 g/mol. The Balaban J connectivity index is 1.62. The highest BCUT2D eigenvalue weighted by molar-refractivity contribution is 6.29. The maximum absolute atomic E-state index is 12.0. The second kappa shape index (κ2) is 9.26. The molecule has 1 N–H and O–H groups in total. The number of aryl methyl sites for hydroxylation is 1. The van der Waals surface area contributed by atoms with Crippen LogP contribution in [0.1, 0.15) is 37.8 Å². The molecule has 0 saturated carbocycles. The van der Waals surface area contributed by atoms with Crippen molar-refractivity contribution in [3.63, 3.8) is 0 Å². The van der Waals surface area contributed by atoms with Gasteiger partial charge in [-0.2, -0.15) is 0 Å². The number of aromatic nitrogens is 3. The quantitative estimate of drug-likeness (QED) is 0.723. The Kier molecular flexibility index (Phi) is 6.74. The third-order valence-corrected chi connectivity index (χ3v) is 4.89. The molecule has 0 spiro atoms. The summed E-state index contributed by atoms with van der Waals surface area (Å²) in [5.74, 6) is 1.19. The van der Waals surface area contributed by atoms with Gasteiger partial charge in [0.1, 0.15) is 23.4 Å². The fourth-order valence-corrected chi connectivity index (χ4v) is 3.26. The van der Waals surface area contributed by atoms with Crippen LogP contribution < -0.4 is 10.1 Å². The van der Waals surface area contributed by atoms with Gasteiger partial charge in [0.05, 0.1) is 23.6 Å². The predicted molar refractivity (Wildman–Crippen MR) is 111 cm³/mol. The van der Waals surface area contributed by atoms with Gasteiger partial charge < -0.3 is 19.7 Å². The second-order valence-electron chi connectivity index (χ2n) is 7.34. The fraction of sp³-hybridized carbons (Fsp3) is 0.500. The number of carbonyl (C=O) groups excluding carboxylic acids is 1. The molecule has 2 aromatic heterocycles. The Hall–Kier alpha value is -2.61.